The molecule has 2 rings (SSSR count). The number of hydrogen-bond donors (Lipinski definition) is 2. The van der Waals surface area contributed by atoms with E-state index in [9.17, 15) is 14.7 Å². The first-order chi connectivity index (χ1) is 10.1. The number of carboxylic acid groups (broad SMARTS) is 1. The lowest BCUT2D eigenvalue weighted by molar-refractivity contribution is -0.146. The highest BCUT2D eigenvalue weighted by atomic mass is 16.5. The smallest absolute Gasteiger partial charge is 0.408 e. The minimum Gasteiger partial charge on any atom is -0.481 e. The Kier molecular flexibility index (Phi) is 5.85. The summed E-state index contributed by atoms with van der Waals surface area (Å²) in [7, 11) is 0. The average Bonchev–Trinajstić information content (AvgIpc) is 3.24. The van der Waals surface area contributed by atoms with E-state index in [1.807, 2.05) is 6.92 Å². The summed E-state index contributed by atoms with van der Waals surface area (Å²) in [6.45, 7) is 4.14. The summed E-state index contributed by atoms with van der Waals surface area (Å²) in [5.41, 5.74) is 0. The number of likely N-dealkylation sites (tertiary alicyclic amines) is 1. The number of nitrogens with one attached hydrogen (secondary N) is 1. The zero-order valence-electron chi connectivity index (χ0n) is 12.7. The quantitative estimate of drug-likeness (QED) is 0.703. The second kappa shape index (κ2) is 7.64. The Morgan fingerprint density at radius 3 is 2.71 bits per heavy atom. The lowest BCUT2D eigenvalue weighted by Gasteiger charge is -2.39. The van der Waals surface area contributed by atoms with E-state index < -0.39 is 24.1 Å². The number of aliphatic carboxylic acids is 1. The molecule has 1 heterocycles. The Morgan fingerprint density at radius 2 is 2.10 bits per heavy atom. The number of nitrogens with zero attached hydrogens (tertiary/aromatic N) is 1. The summed E-state index contributed by atoms with van der Waals surface area (Å²) >= 11 is 0. The Hall–Kier alpha value is -1.30. The largest absolute Gasteiger partial charge is 0.481 e. The van der Waals surface area contributed by atoms with Crippen molar-refractivity contribution in [2.75, 3.05) is 19.7 Å². The van der Waals surface area contributed by atoms with Crippen LogP contribution in [0.4, 0.5) is 4.79 Å². The maximum Gasteiger partial charge on any atom is 0.408 e. The Morgan fingerprint density at radius 1 is 1.33 bits per heavy atom. The van der Waals surface area contributed by atoms with Crippen molar-refractivity contribution in [1.29, 1.82) is 0 Å². The molecule has 0 aromatic heterocycles. The fourth-order valence-corrected chi connectivity index (χ4v) is 2.82. The van der Waals surface area contributed by atoms with Gasteiger partial charge in [-0.1, -0.05) is 13.3 Å². The molecule has 1 saturated carbocycles. The van der Waals surface area contributed by atoms with Crippen LogP contribution in [0.15, 0.2) is 0 Å². The molecule has 0 radical (unpaired) electrons. The number of piperidine rings is 1. The minimum atomic E-state index is -0.839. The minimum absolute atomic E-state index is 0.384. The molecule has 0 aromatic rings. The lowest BCUT2D eigenvalue weighted by atomic mass is 9.94. The van der Waals surface area contributed by atoms with Crippen LogP contribution >= 0.6 is 0 Å². The SMILES string of the molecule is CCCCOC(=O)NC1C(C(=O)O)CCCN1CC1CC1. The zero-order chi connectivity index (χ0) is 15.2. The normalized spacial score (nSPS) is 26.3. The van der Waals surface area contributed by atoms with Crippen molar-refractivity contribution < 1.29 is 19.4 Å². The van der Waals surface area contributed by atoms with Gasteiger partial charge >= 0.3 is 12.1 Å². The van der Waals surface area contributed by atoms with Gasteiger partial charge in [-0.05, 0) is 38.0 Å². The van der Waals surface area contributed by atoms with Crippen LogP contribution in [0.1, 0.15) is 45.4 Å². The summed E-state index contributed by atoms with van der Waals surface area (Å²) < 4.78 is 5.11. The van der Waals surface area contributed by atoms with Crippen molar-refractivity contribution in [1.82, 2.24) is 10.2 Å². The van der Waals surface area contributed by atoms with Crippen LogP contribution in [-0.2, 0) is 9.53 Å². The second-order valence-corrected chi connectivity index (χ2v) is 6.10. The Balaban J connectivity index is 1.93. The van der Waals surface area contributed by atoms with Gasteiger partial charge in [0.2, 0.25) is 0 Å². The highest BCUT2D eigenvalue weighted by molar-refractivity contribution is 5.73. The van der Waals surface area contributed by atoms with Crippen molar-refractivity contribution in [2.24, 2.45) is 11.8 Å². The maximum absolute atomic E-state index is 11.8. The highest BCUT2D eigenvalue weighted by Crippen LogP contribution is 2.32. The number of rotatable bonds is 7. The van der Waals surface area contributed by atoms with Gasteiger partial charge in [0, 0.05) is 13.1 Å². The van der Waals surface area contributed by atoms with Crippen LogP contribution in [-0.4, -0.2) is 47.9 Å². The molecule has 2 atom stereocenters. The van der Waals surface area contributed by atoms with E-state index in [4.69, 9.17) is 4.74 Å². The lowest BCUT2D eigenvalue weighted by Crippen LogP contribution is -2.57. The molecule has 6 heteroatoms. The Labute approximate surface area is 125 Å². The van der Waals surface area contributed by atoms with E-state index in [1.54, 1.807) is 0 Å². The number of carbonyl (C=O) groups excluding carboxylic acids is 1. The maximum atomic E-state index is 11.8. The predicted octanol–water partition coefficient (Wildman–Crippen LogP) is 2.05. The van der Waals surface area contributed by atoms with E-state index in [2.05, 4.69) is 10.2 Å². The van der Waals surface area contributed by atoms with Gasteiger partial charge in [0.25, 0.3) is 0 Å². The first-order valence-corrected chi connectivity index (χ1v) is 8.02. The van der Waals surface area contributed by atoms with Gasteiger partial charge in [0.15, 0.2) is 0 Å². The van der Waals surface area contributed by atoms with Crippen LogP contribution in [0.25, 0.3) is 0 Å². The summed E-state index contributed by atoms with van der Waals surface area (Å²) in [6.07, 6.45) is 4.75. The third-order valence-corrected chi connectivity index (χ3v) is 4.24. The summed E-state index contributed by atoms with van der Waals surface area (Å²) in [6, 6.07) is 0. The van der Waals surface area contributed by atoms with Gasteiger partial charge in [-0.25, -0.2) is 4.79 Å². The molecular formula is C15H26N2O4. The number of alkyl carbamates (subject to hydrolysis) is 1. The van der Waals surface area contributed by atoms with Crippen molar-refractivity contribution in [3.63, 3.8) is 0 Å². The van der Waals surface area contributed by atoms with Gasteiger partial charge in [-0.15, -0.1) is 0 Å². The zero-order valence-corrected chi connectivity index (χ0v) is 12.7. The number of ether oxygens (including phenoxy) is 1. The number of amides is 1. The van der Waals surface area contributed by atoms with E-state index in [0.717, 1.165) is 32.4 Å². The molecule has 1 amide bonds. The molecule has 2 aliphatic rings. The molecule has 1 saturated heterocycles. The fourth-order valence-electron chi connectivity index (χ4n) is 2.82. The molecule has 1 aliphatic carbocycles. The molecular weight excluding hydrogens is 272 g/mol. The monoisotopic (exact) mass is 298 g/mol. The van der Waals surface area contributed by atoms with Crippen molar-refractivity contribution in [2.45, 2.75) is 51.6 Å². The summed E-state index contributed by atoms with van der Waals surface area (Å²) in [5, 5.41) is 12.2. The van der Waals surface area contributed by atoms with Crippen molar-refractivity contribution >= 4 is 12.1 Å². The molecule has 0 bridgehead atoms. The second-order valence-electron chi connectivity index (χ2n) is 6.10. The van der Waals surface area contributed by atoms with E-state index in [-0.39, 0.29) is 0 Å². The van der Waals surface area contributed by atoms with Crippen molar-refractivity contribution in [3.8, 4) is 0 Å². The first kappa shape index (κ1) is 16.1. The third kappa shape index (κ3) is 4.88. The van der Waals surface area contributed by atoms with Gasteiger partial charge in [-0.2, -0.15) is 0 Å². The Bertz CT molecular complexity index is 371. The molecule has 0 aromatic carbocycles. The van der Waals surface area contributed by atoms with Gasteiger partial charge in [-0.3, -0.25) is 9.69 Å². The molecule has 1 aliphatic heterocycles. The standard InChI is InChI=1S/C15H26N2O4/c1-2-3-9-21-15(20)16-13-12(14(18)19)5-4-8-17(13)10-11-6-7-11/h11-13H,2-10H2,1H3,(H,16,20)(H,18,19). The van der Waals surface area contributed by atoms with Crippen LogP contribution < -0.4 is 5.32 Å². The molecule has 6 nitrogen and oxygen atoms in total. The third-order valence-electron chi connectivity index (χ3n) is 4.24. The number of carboxylic acids is 1. The fraction of sp³-hybridized carbons (Fsp3) is 0.867. The number of unbranched alkanes of at least 4 members (excludes halogenated alkanes) is 1. The van der Waals surface area contributed by atoms with E-state index in [1.165, 1.54) is 12.8 Å². The highest BCUT2D eigenvalue weighted by Gasteiger charge is 2.39. The summed E-state index contributed by atoms with van der Waals surface area (Å²) in [4.78, 5) is 25.4. The first-order valence-electron chi connectivity index (χ1n) is 8.02. The molecule has 21 heavy (non-hydrogen) atoms. The van der Waals surface area contributed by atoms with E-state index >= 15 is 0 Å². The van der Waals surface area contributed by atoms with Crippen LogP contribution in [0.2, 0.25) is 0 Å². The number of hydrogen-bond acceptors (Lipinski definition) is 4. The number of carbonyl (C=O) groups is 2. The molecule has 2 unspecified atom stereocenters. The molecule has 120 valence electrons. The van der Waals surface area contributed by atoms with E-state index in [0.29, 0.717) is 18.9 Å². The van der Waals surface area contributed by atoms with Crippen LogP contribution in [0, 0.1) is 11.8 Å². The van der Waals surface area contributed by atoms with Crippen molar-refractivity contribution in [3.05, 3.63) is 0 Å². The van der Waals surface area contributed by atoms with Crippen LogP contribution in [0.5, 0.6) is 0 Å². The van der Waals surface area contributed by atoms with Crippen LogP contribution in [0.3, 0.4) is 0 Å². The van der Waals surface area contributed by atoms with Gasteiger partial charge in [0.05, 0.1) is 18.7 Å². The molecule has 2 fully saturated rings. The summed E-state index contributed by atoms with van der Waals surface area (Å²) in [5.74, 6) is -0.719. The average molecular weight is 298 g/mol. The topological polar surface area (TPSA) is 78.9 Å². The molecule has 2 N–H and O–H groups in total. The van der Waals surface area contributed by atoms with Gasteiger partial charge < -0.3 is 15.2 Å². The van der Waals surface area contributed by atoms with Gasteiger partial charge in [0.1, 0.15) is 0 Å². The predicted molar refractivity (Wildman–Crippen MR) is 77.8 cm³/mol. The molecule has 0 spiro atoms.